The van der Waals surface area contributed by atoms with E-state index in [2.05, 4.69) is 33.1 Å². The molecule has 1 aliphatic carbocycles. The molecule has 0 unspecified atom stereocenters. The van der Waals surface area contributed by atoms with Gasteiger partial charge >= 0.3 is 0 Å². The van der Waals surface area contributed by atoms with Crippen molar-refractivity contribution in [1.82, 2.24) is 9.97 Å². The molecular formula is C19H24N3. The summed E-state index contributed by atoms with van der Waals surface area (Å²) in [5, 5.41) is 0. The number of anilines is 1. The van der Waals surface area contributed by atoms with Crippen molar-refractivity contribution in [3.8, 4) is 0 Å². The minimum Gasteiger partial charge on any atom is -0.352 e. The first-order chi connectivity index (χ1) is 10.9. The van der Waals surface area contributed by atoms with Crippen LogP contribution >= 0.6 is 0 Å². The van der Waals surface area contributed by atoms with Gasteiger partial charge in [-0.05, 0) is 42.2 Å². The van der Waals surface area contributed by atoms with Crippen molar-refractivity contribution in [2.75, 3.05) is 11.4 Å². The molecule has 3 nitrogen and oxygen atoms in total. The summed E-state index contributed by atoms with van der Waals surface area (Å²) in [6.07, 6.45) is 13.9. The van der Waals surface area contributed by atoms with Gasteiger partial charge in [0.25, 0.3) is 0 Å². The Kier molecular flexibility index (Phi) is 5.41. The van der Waals surface area contributed by atoms with Gasteiger partial charge in [0, 0.05) is 37.7 Å². The van der Waals surface area contributed by atoms with E-state index in [1.54, 1.807) is 0 Å². The van der Waals surface area contributed by atoms with Crippen LogP contribution in [-0.4, -0.2) is 16.5 Å². The maximum absolute atomic E-state index is 4.49. The van der Waals surface area contributed by atoms with Crippen molar-refractivity contribution in [2.45, 2.75) is 45.1 Å². The van der Waals surface area contributed by atoms with E-state index in [1.807, 2.05) is 30.7 Å². The number of pyridine rings is 2. The molecule has 0 saturated heterocycles. The Morgan fingerprint density at radius 1 is 1.09 bits per heavy atom. The Morgan fingerprint density at radius 2 is 1.91 bits per heavy atom. The molecule has 2 heterocycles. The third kappa shape index (κ3) is 4.30. The van der Waals surface area contributed by atoms with Gasteiger partial charge in [0.15, 0.2) is 0 Å². The molecule has 2 aromatic heterocycles. The lowest BCUT2D eigenvalue weighted by Crippen LogP contribution is -2.27. The second-order valence-corrected chi connectivity index (χ2v) is 6.17. The van der Waals surface area contributed by atoms with Gasteiger partial charge in [0.05, 0.1) is 0 Å². The van der Waals surface area contributed by atoms with Gasteiger partial charge < -0.3 is 4.90 Å². The van der Waals surface area contributed by atoms with Crippen molar-refractivity contribution in [3.63, 3.8) is 0 Å². The molecule has 0 amide bonds. The second kappa shape index (κ2) is 7.92. The molecule has 22 heavy (non-hydrogen) atoms. The molecule has 0 atom stereocenters. The first-order valence-electron chi connectivity index (χ1n) is 8.38. The van der Waals surface area contributed by atoms with Crippen molar-refractivity contribution in [1.29, 1.82) is 0 Å². The van der Waals surface area contributed by atoms with Gasteiger partial charge in [-0.1, -0.05) is 32.1 Å². The number of hydrogen-bond acceptors (Lipinski definition) is 3. The van der Waals surface area contributed by atoms with E-state index in [1.165, 1.54) is 44.1 Å². The Labute approximate surface area is 133 Å². The molecule has 3 heteroatoms. The van der Waals surface area contributed by atoms with Gasteiger partial charge in [-0.15, -0.1) is 0 Å². The summed E-state index contributed by atoms with van der Waals surface area (Å²) in [6.45, 7) is 1.93. The van der Waals surface area contributed by atoms with Crippen LogP contribution in [0.1, 0.15) is 44.1 Å². The van der Waals surface area contributed by atoms with Crippen LogP contribution in [0.2, 0.25) is 0 Å². The summed E-state index contributed by atoms with van der Waals surface area (Å²) in [5.74, 6) is 1.84. The van der Waals surface area contributed by atoms with E-state index < -0.39 is 0 Å². The van der Waals surface area contributed by atoms with Crippen LogP contribution < -0.4 is 4.90 Å². The highest BCUT2D eigenvalue weighted by molar-refractivity contribution is 5.37. The fourth-order valence-electron chi connectivity index (χ4n) is 3.27. The quantitative estimate of drug-likeness (QED) is 0.797. The summed E-state index contributed by atoms with van der Waals surface area (Å²) in [7, 11) is 0. The topological polar surface area (TPSA) is 29.0 Å². The fourth-order valence-corrected chi connectivity index (χ4v) is 3.27. The maximum Gasteiger partial charge on any atom is 0.136 e. The summed E-state index contributed by atoms with van der Waals surface area (Å²) in [5.41, 5.74) is 1.28. The Bertz CT molecular complexity index is 535. The second-order valence-electron chi connectivity index (χ2n) is 6.17. The van der Waals surface area contributed by atoms with Crippen LogP contribution in [0.5, 0.6) is 0 Å². The average Bonchev–Trinajstić information content (AvgIpc) is 2.61. The first kappa shape index (κ1) is 15.0. The molecule has 1 radical (unpaired) electrons. The van der Waals surface area contributed by atoms with Gasteiger partial charge in [0.2, 0.25) is 0 Å². The Balaban J connectivity index is 1.66. The predicted molar refractivity (Wildman–Crippen MR) is 89.6 cm³/mol. The van der Waals surface area contributed by atoms with E-state index in [-0.39, 0.29) is 0 Å². The average molecular weight is 294 g/mol. The molecule has 3 rings (SSSR count). The Hall–Kier alpha value is -1.90. The zero-order chi connectivity index (χ0) is 15.0. The van der Waals surface area contributed by atoms with Crippen molar-refractivity contribution in [3.05, 3.63) is 54.5 Å². The van der Waals surface area contributed by atoms with Crippen molar-refractivity contribution >= 4 is 5.82 Å². The minimum atomic E-state index is 0.878. The van der Waals surface area contributed by atoms with Gasteiger partial charge in [-0.25, -0.2) is 4.98 Å². The van der Waals surface area contributed by atoms with Gasteiger partial charge in [-0.2, -0.15) is 0 Å². The molecule has 1 saturated carbocycles. The van der Waals surface area contributed by atoms with Gasteiger partial charge in [0.1, 0.15) is 5.82 Å². The van der Waals surface area contributed by atoms with E-state index in [4.69, 9.17) is 0 Å². The number of hydrogen-bond donors (Lipinski definition) is 0. The van der Waals surface area contributed by atoms with E-state index in [0.29, 0.717) is 0 Å². The number of rotatable bonds is 6. The summed E-state index contributed by atoms with van der Waals surface area (Å²) in [6, 6.07) is 11.3. The molecule has 0 bridgehead atoms. The lowest BCUT2D eigenvalue weighted by atomic mass is 9.87. The summed E-state index contributed by atoms with van der Waals surface area (Å²) >= 11 is 0. The molecule has 0 N–H and O–H groups in total. The van der Waals surface area contributed by atoms with Crippen molar-refractivity contribution < 1.29 is 0 Å². The van der Waals surface area contributed by atoms with Crippen LogP contribution in [0.4, 0.5) is 5.82 Å². The smallest absolute Gasteiger partial charge is 0.136 e. The standard InChI is InChI=1S/C19H24N3/c1-2-6-17(7-3-1)11-15-22(19-8-4-5-12-21-19)16-18-9-13-20-14-10-18/h4-5,9-10,12-14,17H,1-3,6-7,11,15-16H2. The summed E-state index contributed by atoms with van der Waals surface area (Å²) in [4.78, 5) is 10.9. The third-order valence-corrected chi connectivity index (χ3v) is 4.55. The monoisotopic (exact) mass is 294 g/mol. The van der Waals surface area contributed by atoms with E-state index in [9.17, 15) is 0 Å². The Morgan fingerprint density at radius 3 is 2.64 bits per heavy atom. The molecule has 2 aromatic rings. The number of aromatic nitrogens is 2. The summed E-state index contributed by atoms with van der Waals surface area (Å²) < 4.78 is 0. The molecule has 1 aliphatic rings. The highest BCUT2D eigenvalue weighted by Gasteiger charge is 2.16. The maximum atomic E-state index is 4.49. The van der Waals surface area contributed by atoms with Crippen molar-refractivity contribution in [2.24, 2.45) is 5.92 Å². The van der Waals surface area contributed by atoms with Gasteiger partial charge in [-0.3, -0.25) is 4.98 Å². The largest absolute Gasteiger partial charge is 0.352 e. The highest BCUT2D eigenvalue weighted by atomic mass is 15.2. The zero-order valence-corrected chi connectivity index (χ0v) is 13.1. The van der Waals surface area contributed by atoms with Crippen LogP contribution in [-0.2, 0) is 6.54 Å². The molecule has 1 fully saturated rings. The number of nitrogens with zero attached hydrogens (tertiary/aromatic N) is 3. The van der Waals surface area contributed by atoms with Crippen LogP contribution in [0.3, 0.4) is 0 Å². The molecular weight excluding hydrogens is 270 g/mol. The molecule has 0 aromatic carbocycles. The molecule has 115 valence electrons. The third-order valence-electron chi connectivity index (χ3n) is 4.55. The highest BCUT2D eigenvalue weighted by Crippen LogP contribution is 2.27. The van der Waals surface area contributed by atoms with E-state index in [0.717, 1.165) is 24.8 Å². The predicted octanol–water partition coefficient (Wildman–Crippen LogP) is 4.25. The first-order valence-corrected chi connectivity index (χ1v) is 8.38. The minimum absolute atomic E-state index is 0.878. The van der Waals surface area contributed by atoms with Crippen LogP contribution in [0, 0.1) is 12.0 Å². The lowest BCUT2D eigenvalue weighted by Gasteiger charge is -2.28. The normalized spacial score (nSPS) is 15.6. The lowest BCUT2D eigenvalue weighted by molar-refractivity contribution is 0.339. The zero-order valence-electron chi connectivity index (χ0n) is 13.1. The van der Waals surface area contributed by atoms with E-state index >= 15 is 0 Å². The molecule has 0 spiro atoms. The van der Waals surface area contributed by atoms with Crippen LogP contribution in [0.25, 0.3) is 0 Å². The fraction of sp³-hybridized carbons (Fsp3) is 0.474. The SMILES string of the molecule is [c]1cccnc1N(CCC1CCCCC1)Cc1ccncc1. The molecule has 0 aliphatic heterocycles. The van der Waals surface area contributed by atoms with Crippen LogP contribution in [0.15, 0.2) is 42.9 Å².